The fourth-order valence-corrected chi connectivity index (χ4v) is 9.28. The maximum Gasteiger partial charge on any atom is 0.337 e. The number of hydrogen-bond donors (Lipinski definition) is 1. The van der Waals surface area contributed by atoms with Gasteiger partial charge in [0.2, 0.25) is 0 Å². The maximum atomic E-state index is 11.3. The van der Waals surface area contributed by atoms with Crippen LogP contribution in [0.2, 0.25) is 0 Å². The summed E-state index contributed by atoms with van der Waals surface area (Å²) in [6, 6.07) is 35.1. The van der Waals surface area contributed by atoms with E-state index in [1.54, 1.807) is 0 Å². The monoisotopic (exact) mass is 594 g/mol. The third-order valence-electron chi connectivity index (χ3n) is 6.28. The van der Waals surface area contributed by atoms with E-state index in [-0.39, 0.29) is 17.7 Å². The first-order chi connectivity index (χ1) is 19.7. The molecule has 0 bridgehead atoms. The third-order valence-corrected chi connectivity index (χ3v) is 11.6. The molecule has 0 aliphatic heterocycles. The second-order valence-corrected chi connectivity index (χ2v) is 13.8. The fraction of sp³-hybridized carbons (Fsp3) is 0.161. The molecule has 8 nitrogen and oxygen atoms in total. The zero-order chi connectivity index (χ0) is 29.9. The smallest absolute Gasteiger partial charge is 0.337 e. The van der Waals surface area contributed by atoms with E-state index in [0.29, 0.717) is 0 Å². The summed E-state index contributed by atoms with van der Waals surface area (Å²) in [5.41, 5.74) is -0.454. The standard InChI is InChI=1S/C21H22OP.C10H10O7S/c22-17-10-18-23(19-11-4-1-5-12-19,20-13-6-2-7-14-20)21-15-8-3-9-16-21;1-16-9(11)6-3-7(10(12)17-2)5-8(4-6)18(13,14)15/h1-9,11-16,22H,10,17-18H2;3-5H,1-2H3,(H,13,14,15)/q+1;/p-1. The topological polar surface area (TPSA) is 130 Å². The van der Waals surface area contributed by atoms with Crippen molar-refractivity contribution in [2.45, 2.75) is 11.3 Å². The Balaban J connectivity index is 0.000000233. The lowest BCUT2D eigenvalue weighted by atomic mass is 10.1. The van der Waals surface area contributed by atoms with E-state index < -0.39 is 34.2 Å². The average molecular weight is 595 g/mol. The van der Waals surface area contributed by atoms with Crippen LogP contribution in [-0.4, -0.2) is 57.0 Å². The Morgan fingerprint density at radius 1 is 0.707 bits per heavy atom. The summed E-state index contributed by atoms with van der Waals surface area (Å²) in [6.45, 7) is 0.230. The van der Waals surface area contributed by atoms with Crippen LogP contribution in [0.1, 0.15) is 27.1 Å². The first-order valence-corrected chi connectivity index (χ1v) is 16.0. The van der Waals surface area contributed by atoms with E-state index in [1.165, 1.54) is 15.9 Å². The van der Waals surface area contributed by atoms with Gasteiger partial charge in [0.05, 0.1) is 36.4 Å². The van der Waals surface area contributed by atoms with Crippen LogP contribution in [0.3, 0.4) is 0 Å². The van der Waals surface area contributed by atoms with Crippen molar-refractivity contribution < 1.29 is 37.1 Å². The van der Waals surface area contributed by atoms with Crippen molar-refractivity contribution in [2.75, 3.05) is 27.0 Å². The SMILES string of the molecule is COC(=O)c1cc(C(=O)OC)cc(S(=O)(=O)[O-])c1.OCCC[P+](c1ccccc1)(c1ccccc1)c1ccccc1. The zero-order valence-corrected chi connectivity index (χ0v) is 24.4. The second kappa shape index (κ2) is 14.7. The van der Waals surface area contributed by atoms with Crippen LogP contribution < -0.4 is 15.9 Å². The maximum absolute atomic E-state index is 11.3. The van der Waals surface area contributed by atoms with Gasteiger partial charge in [0.1, 0.15) is 33.3 Å². The van der Waals surface area contributed by atoms with E-state index in [9.17, 15) is 27.7 Å². The highest BCUT2D eigenvalue weighted by Crippen LogP contribution is 2.55. The fourth-order valence-electron chi connectivity index (χ4n) is 4.40. The van der Waals surface area contributed by atoms with Gasteiger partial charge < -0.3 is 19.1 Å². The summed E-state index contributed by atoms with van der Waals surface area (Å²) in [7, 11) is -4.36. The molecule has 1 N–H and O–H groups in total. The lowest BCUT2D eigenvalue weighted by Gasteiger charge is -2.27. The van der Waals surface area contributed by atoms with Crippen molar-refractivity contribution in [1.82, 2.24) is 0 Å². The second-order valence-electron chi connectivity index (χ2n) is 8.80. The largest absolute Gasteiger partial charge is 0.744 e. The highest BCUT2D eigenvalue weighted by Gasteiger charge is 2.44. The van der Waals surface area contributed by atoms with Gasteiger partial charge in [-0.1, -0.05) is 54.6 Å². The molecule has 4 rings (SSSR count). The molecule has 41 heavy (non-hydrogen) atoms. The molecule has 214 valence electrons. The number of rotatable bonds is 9. The van der Waals surface area contributed by atoms with Gasteiger partial charge in [0, 0.05) is 13.0 Å². The molecule has 4 aromatic rings. The first-order valence-electron chi connectivity index (χ1n) is 12.6. The van der Waals surface area contributed by atoms with Crippen LogP contribution in [0.4, 0.5) is 0 Å². The molecule has 4 aromatic carbocycles. The van der Waals surface area contributed by atoms with E-state index in [2.05, 4.69) is 100 Å². The van der Waals surface area contributed by atoms with Crippen LogP contribution in [0.15, 0.2) is 114 Å². The molecule has 0 atom stereocenters. The van der Waals surface area contributed by atoms with Gasteiger partial charge >= 0.3 is 11.9 Å². The summed E-state index contributed by atoms with van der Waals surface area (Å²) in [5.74, 6) is -1.74. The van der Waals surface area contributed by atoms with Gasteiger partial charge in [0.25, 0.3) is 0 Å². The van der Waals surface area contributed by atoms with Crippen molar-refractivity contribution in [3.8, 4) is 0 Å². The number of aliphatic hydroxyl groups excluding tert-OH is 1. The number of carbonyl (C=O) groups is 2. The average Bonchev–Trinajstić information content (AvgIpc) is 3.02. The Hall–Kier alpha value is -3.88. The molecule has 0 aliphatic carbocycles. The number of carbonyl (C=O) groups excluding carboxylic acids is 2. The van der Waals surface area contributed by atoms with Crippen LogP contribution in [-0.2, 0) is 19.6 Å². The number of hydrogen-bond acceptors (Lipinski definition) is 8. The molecule has 0 unspecified atom stereocenters. The van der Waals surface area contributed by atoms with Crippen molar-refractivity contribution >= 4 is 45.2 Å². The van der Waals surface area contributed by atoms with Gasteiger partial charge in [0.15, 0.2) is 0 Å². The van der Waals surface area contributed by atoms with E-state index >= 15 is 0 Å². The molecule has 0 amide bonds. The Kier molecular flexibility index (Phi) is 11.3. The van der Waals surface area contributed by atoms with Gasteiger partial charge in [-0.2, -0.15) is 0 Å². The van der Waals surface area contributed by atoms with E-state index in [0.717, 1.165) is 45.0 Å². The Bertz CT molecular complexity index is 1410. The lowest BCUT2D eigenvalue weighted by Crippen LogP contribution is -2.33. The van der Waals surface area contributed by atoms with E-state index in [1.807, 2.05) is 0 Å². The number of methoxy groups -OCH3 is 2. The minimum atomic E-state index is -4.80. The molecule has 0 heterocycles. The first kappa shape index (κ1) is 31.6. The number of benzene rings is 4. The van der Waals surface area contributed by atoms with Crippen molar-refractivity contribution in [1.29, 1.82) is 0 Å². The summed E-state index contributed by atoms with van der Waals surface area (Å²) in [4.78, 5) is 21.9. The van der Waals surface area contributed by atoms with Crippen molar-refractivity contribution in [3.05, 3.63) is 120 Å². The van der Waals surface area contributed by atoms with Crippen molar-refractivity contribution in [3.63, 3.8) is 0 Å². The summed E-state index contributed by atoms with van der Waals surface area (Å²) >= 11 is 0. The molecule has 0 aromatic heterocycles. The summed E-state index contributed by atoms with van der Waals surface area (Å²) in [6.07, 6.45) is 1.80. The summed E-state index contributed by atoms with van der Waals surface area (Å²) < 4.78 is 41.5. The van der Waals surface area contributed by atoms with Gasteiger partial charge in [-0.25, -0.2) is 18.0 Å². The molecular formula is C31H31O8PS. The van der Waals surface area contributed by atoms with Crippen LogP contribution in [0.5, 0.6) is 0 Å². The predicted molar refractivity (Wildman–Crippen MR) is 159 cm³/mol. The number of aliphatic hydroxyl groups is 1. The molecule has 0 fully saturated rings. The molecule has 0 spiro atoms. The number of esters is 2. The minimum absolute atomic E-state index is 0.227. The Morgan fingerprint density at radius 2 is 1.07 bits per heavy atom. The lowest BCUT2D eigenvalue weighted by molar-refractivity contribution is 0.0598. The molecule has 0 aliphatic rings. The number of ether oxygens (including phenoxy) is 2. The molecule has 0 radical (unpaired) electrons. The molecule has 0 saturated carbocycles. The Morgan fingerprint density at radius 3 is 1.37 bits per heavy atom. The van der Waals surface area contributed by atoms with Crippen LogP contribution in [0, 0.1) is 0 Å². The van der Waals surface area contributed by atoms with Gasteiger partial charge in [-0.15, -0.1) is 0 Å². The van der Waals surface area contributed by atoms with Gasteiger partial charge in [-0.3, -0.25) is 0 Å². The van der Waals surface area contributed by atoms with Gasteiger partial charge in [-0.05, 0) is 54.6 Å². The summed E-state index contributed by atoms with van der Waals surface area (Å²) in [5, 5.41) is 13.6. The highest BCUT2D eigenvalue weighted by atomic mass is 32.2. The quantitative estimate of drug-likeness (QED) is 0.177. The third kappa shape index (κ3) is 7.86. The van der Waals surface area contributed by atoms with Crippen molar-refractivity contribution in [2.24, 2.45) is 0 Å². The molecule has 0 saturated heterocycles. The van der Waals surface area contributed by atoms with Crippen LogP contribution >= 0.6 is 7.26 Å². The van der Waals surface area contributed by atoms with Crippen LogP contribution in [0.25, 0.3) is 0 Å². The van der Waals surface area contributed by atoms with E-state index in [4.69, 9.17) is 0 Å². The highest BCUT2D eigenvalue weighted by molar-refractivity contribution is 7.95. The molecular weight excluding hydrogens is 563 g/mol. The predicted octanol–water partition coefficient (Wildman–Crippen LogP) is 3.53. The minimum Gasteiger partial charge on any atom is -0.744 e. The molecule has 10 heteroatoms. The Labute approximate surface area is 240 Å². The zero-order valence-electron chi connectivity index (χ0n) is 22.7. The normalized spacial score (nSPS) is 11.1.